The monoisotopic (exact) mass is 437 g/mol. The summed E-state index contributed by atoms with van der Waals surface area (Å²) in [5.74, 6) is -0.629. The number of carbonyl (C=O) groups excluding carboxylic acids is 3. The van der Waals surface area contributed by atoms with Crippen molar-refractivity contribution in [3.05, 3.63) is 29.3 Å². The lowest BCUT2D eigenvalue weighted by Crippen LogP contribution is -2.64. The molecule has 1 aromatic rings. The van der Waals surface area contributed by atoms with Gasteiger partial charge in [0.15, 0.2) is 6.10 Å². The Kier molecular flexibility index (Phi) is 6.57. The van der Waals surface area contributed by atoms with Gasteiger partial charge in [-0.25, -0.2) is 4.79 Å². The molecule has 8 nitrogen and oxygen atoms in total. The average molecular weight is 438 g/mol. The third-order valence-corrected chi connectivity index (χ3v) is 6.18. The fourth-order valence-corrected chi connectivity index (χ4v) is 4.31. The predicted molar refractivity (Wildman–Crippen MR) is 112 cm³/mol. The Morgan fingerprint density at radius 2 is 2.07 bits per heavy atom. The molecule has 1 aromatic carbocycles. The largest absolute Gasteiger partial charge is 0.458 e. The van der Waals surface area contributed by atoms with E-state index in [0.717, 1.165) is 0 Å². The summed E-state index contributed by atoms with van der Waals surface area (Å²) in [4.78, 5) is 40.1. The van der Waals surface area contributed by atoms with Gasteiger partial charge in [0.05, 0.1) is 23.2 Å². The molecule has 0 radical (unpaired) electrons. The van der Waals surface area contributed by atoms with Gasteiger partial charge in [-0.05, 0) is 32.4 Å². The maximum Gasteiger partial charge on any atom is 0.404 e. The molecule has 2 fully saturated rings. The van der Waals surface area contributed by atoms with Gasteiger partial charge in [-0.1, -0.05) is 30.7 Å². The van der Waals surface area contributed by atoms with Crippen molar-refractivity contribution in [1.82, 2.24) is 4.90 Å². The van der Waals surface area contributed by atoms with Gasteiger partial charge in [-0.3, -0.25) is 14.5 Å². The van der Waals surface area contributed by atoms with Crippen LogP contribution in [0.2, 0.25) is 5.02 Å². The minimum absolute atomic E-state index is 0.106. The van der Waals surface area contributed by atoms with E-state index < -0.39 is 23.8 Å². The molecule has 0 aliphatic carbocycles. The number of anilines is 1. The first-order valence-electron chi connectivity index (χ1n) is 10.1. The third kappa shape index (κ3) is 4.70. The van der Waals surface area contributed by atoms with Crippen LogP contribution in [0.5, 0.6) is 0 Å². The Morgan fingerprint density at radius 1 is 1.37 bits per heavy atom. The number of carbonyl (C=O) groups is 3. The highest BCUT2D eigenvalue weighted by atomic mass is 35.5. The van der Waals surface area contributed by atoms with Crippen LogP contribution in [-0.2, 0) is 19.1 Å². The highest BCUT2D eigenvalue weighted by Crippen LogP contribution is 2.33. The molecule has 0 aromatic heterocycles. The summed E-state index contributed by atoms with van der Waals surface area (Å²) in [5, 5.41) is 0.508. The second-order valence-electron chi connectivity index (χ2n) is 8.42. The molecule has 2 N–H and O–H groups in total. The molecular formula is C21H28ClN3O5. The molecule has 0 unspecified atom stereocenters. The number of rotatable bonds is 6. The molecule has 2 amide bonds. The standard InChI is InChI=1S/C21H28ClN3O5/c1-4-13-9-16(29-19(13)27)17(30-20(23)28)10-24-11-18(26)25(12-21(24,2)3)15-8-6-5-7-14(15)22/h5-8,13,16-17H,4,9-12H2,1-3H3,(H2,23,28)/t13-,16+,17+/m1/s1. The number of esters is 1. The third-order valence-electron chi connectivity index (χ3n) is 5.86. The summed E-state index contributed by atoms with van der Waals surface area (Å²) in [6, 6.07) is 7.21. The van der Waals surface area contributed by atoms with Gasteiger partial charge >= 0.3 is 12.1 Å². The van der Waals surface area contributed by atoms with Gasteiger partial charge in [0.25, 0.3) is 0 Å². The highest BCUT2D eigenvalue weighted by molar-refractivity contribution is 6.33. The summed E-state index contributed by atoms with van der Waals surface area (Å²) >= 11 is 6.29. The summed E-state index contributed by atoms with van der Waals surface area (Å²) in [6.45, 7) is 6.65. The Bertz CT molecular complexity index is 831. The fraction of sp³-hybridized carbons (Fsp3) is 0.571. The number of halogens is 1. The molecule has 9 heteroatoms. The van der Waals surface area contributed by atoms with Gasteiger partial charge in [-0.15, -0.1) is 0 Å². The van der Waals surface area contributed by atoms with Crippen LogP contribution >= 0.6 is 11.6 Å². The fourth-order valence-electron chi connectivity index (χ4n) is 4.07. The van der Waals surface area contributed by atoms with Gasteiger partial charge in [-0.2, -0.15) is 0 Å². The second kappa shape index (κ2) is 8.81. The molecule has 2 aliphatic heterocycles. The number of nitrogens with zero attached hydrogens (tertiary/aromatic N) is 2. The van der Waals surface area contributed by atoms with Crippen molar-refractivity contribution in [3.63, 3.8) is 0 Å². The first-order chi connectivity index (χ1) is 14.1. The van der Waals surface area contributed by atoms with Crippen molar-refractivity contribution in [1.29, 1.82) is 0 Å². The van der Waals surface area contributed by atoms with E-state index in [1.165, 1.54) is 0 Å². The number of hydrogen-bond acceptors (Lipinski definition) is 6. The number of ether oxygens (including phenoxy) is 2. The van der Waals surface area contributed by atoms with E-state index in [4.69, 9.17) is 26.8 Å². The first kappa shape index (κ1) is 22.4. The normalized spacial score (nSPS) is 25.1. The Morgan fingerprint density at radius 3 is 2.67 bits per heavy atom. The van der Waals surface area contributed by atoms with E-state index in [-0.39, 0.29) is 30.9 Å². The number of benzene rings is 1. The molecule has 0 saturated carbocycles. The summed E-state index contributed by atoms with van der Waals surface area (Å²) in [7, 11) is 0. The number of amides is 2. The number of para-hydroxylation sites is 1. The maximum absolute atomic E-state index is 12.9. The summed E-state index contributed by atoms with van der Waals surface area (Å²) in [5.41, 5.74) is 5.49. The van der Waals surface area contributed by atoms with E-state index >= 15 is 0 Å². The molecule has 0 bridgehead atoms. The first-order valence-corrected chi connectivity index (χ1v) is 10.5. The van der Waals surface area contributed by atoms with E-state index in [1.807, 2.05) is 43.9 Å². The summed E-state index contributed by atoms with van der Waals surface area (Å²) < 4.78 is 10.8. The van der Waals surface area contributed by atoms with Crippen LogP contribution in [0.3, 0.4) is 0 Å². The van der Waals surface area contributed by atoms with E-state index in [1.54, 1.807) is 11.0 Å². The number of piperazine rings is 1. The molecule has 30 heavy (non-hydrogen) atoms. The molecule has 0 spiro atoms. The topological polar surface area (TPSA) is 102 Å². The number of hydrogen-bond donors (Lipinski definition) is 1. The lowest BCUT2D eigenvalue weighted by atomic mass is 9.95. The van der Waals surface area contributed by atoms with Crippen LogP contribution in [0.1, 0.15) is 33.6 Å². The van der Waals surface area contributed by atoms with Crippen LogP contribution in [-0.4, -0.2) is 60.3 Å². The Hall–Kier alpha value is -2.32. The number of primary amides is 1. The Balaban J connectivity index is 1.77. The van der Waals surface area contributed by atoms with Gasteiger partial charge in [0.1, 0.15) is 6.10 Å². The lowest BCUT2D eigenvalue weighted by molar-refractivity contribution is -0.149. The smallest absolute Gasteiger partial charge is 0.404 e. The minimum atomic E-state index is -0.935. The number of cyclic esters (lactones) is 1. The average Bonchev–Trinajstić information content (AvgIpc) is 3.05. The maximum atomic E-state index is 12.9. The summed E-state index contributed by atoms with van der Waals surface area (Å²) in [6.07, 6.45) is -1.15. The van der Waals surface area contributed by atoms with Gasteiger partial charge in [0.2, 0.25) is 5.91 Å². The van der Waals surface area contributed by atoms with Crippen LogP contribution in [0.25, 0.3) is 0 Å². The zero-order valence-electron chi connectivity index (χ0n) is 17.5. The quantitative estimate of drug-likeness (QED) is 0.686. The van der Waals surface area contributed by atoms with Crippen molar-refractivity contribution in [3.8, 4) is 0 Å². The van der Waals surface area contributed by atoms with E-state index in [0.29, 0.717) is 30.1 Å². The van der Waals surface area contributed by atoms with Gasteiger partial charge in [0, 0.05) is 25.0 Å². The molecule has 2 saturated heterocycles. The molecular weight excluding hydrogens is 410 g/mol. The van der Waals surface area contributed by atoms with Crippen molar-refractivity contribution < 1.29 is 23.9 Å². The SMILES string of the molecule is CC[C@@H]1C[C@@H]([C@H](CN2CC(=O)N(c3ccccc3Cl)CC2(C)C)OC(N)=O)OC1=O. The van der Waals surface area contributed by atoms with Crippen molar-refractivity contribution in [2.45, 2.75) is 51.4 Å². The van der Waals surface area contributed by atoms with Crippen molar-refractivity contribution >= 4 is 35.3 Å². The zero-order valence-corrected chi connectivity index (χ0v) is 18.2. The zero-order chi connectivity index (χ0) is 22.1. The predicted octanol–water partition coefficient (Wildman–Crippen LogP) is 2.57. The highest BCUT2D eigenvalue weighted by Gasteiger charge is 2.44. The van der Waals surface area contributed by atoms with E-state index in [9.17, 15) is 14.4 Å². The molecule has 3 atom stereocenters. The molecule has 164 valence electrons. The lowest BCUT2D eigenvalue weighted by Gasteiger charge is -2.47. The van der Waals surface area contributed by atoms with Crippen LogP contribution < -0.4 is 10.6 Å². The molecule has 2 heterocycles. The van der Waals surface area contributed by atoms with Crippen LogP contribution in [0.4, 0.5) is 10.5 Å². The number of nitrogens with two attached hydrogens (primary N) is 1. The molecule has 3 rings (SSSR count). The van der Waals surface area contributed by atoms with Crippen molar-refractivity contribution in [2.24, 2.45) is 11.7 Å². The Labute approximate surface area is 181 Å². The molecule has 2 aliphatic rings. The van der Waals surface area contributed by atoms with Crippen LogP contribution in [0.15, 0.2) is 24.3 Å². The van der Waals surface area contributed by atoms with E-state index in [2.05, 4.69) is 0 Å². The second-order valence-corrected chi connectivity index (χ2v) is 8.82. The van der Waals surface area contributed by atoms with Gasteiger partial charge < -0.3 is 20.1 Å². The van der Waals surface area contributed by atoms with Crippen LogP contribution in [0, 0.1) is 5.92 Å². The van der Waals surface area contributed by atoms with Crippen molar-refractivity contribution in [2.75, 3.05) is 24.5 Å². The minimum Gasteiger partial charge on any atom is -0.458 e.